The Morgan fingerprint density at radius 1 is 1.46 bits per heavy atom. The van der Waals surface area contributed by atoms with Crippen molar-refractivity contribution < 1.29 is 24.1 Å². The topological polar surface area (TPSA) is 84.9 Å². The van der Waals surface area contributed by atoms with Crippen LogP contribution in [-0.4, -0.2) is 54.6 Å². The summed E-state index contributed by atoms with van der Waals surface area (Å²) < 4.78 is 22.7. The van der Waals surface area contributed by atoms with Gasteiger partial charge in [0.05, 0.1) is 0 Å². The first kappa shape index (κ1) is 10.8. The molecule has 1 aliphatic heterocycles. The van der Waals surface area contributed by atoms with Crippen molar-refractivity contribution in [3.63, 3.8) is 0 Å². The lowest BCUT2D eigenvalue weighted by molar-refractivity contribution is -0.271. The number of hydrogen-bond acceptors (Lipinski definition) is 5. The quantitative estimate of drug-likeness (QED) is 0.493. The number of ether oxygens (including phenoxy) is 2. The maximum Gasteiger partial charge on any atom is 0.191 e. The van der Waals surface area contributed by atoms with Gasteiger partial charge in [-0.15, -0.1) is 0 Å². The van der Waals surface area contributed by atoms with Crippen molar-refractivity contribution in [1.82, 2.24) is 0 Å². The lowest BCUT2D eigenvalue weighted by Gasteiger charge is -2.38. The predicted octanol–water partition coefficient (Wildman–Crippen LogP) is -1.62. The van der Waals surface area contributed by atoms with Crippen molar-refractivity contribution in [2.75, 3.05) is 13.7 Å². The van der Waals surface area contributed by atoms with Crippen molar-refractivity contribution >= 4 is 0 Å². The monoisotopic (exact) mass is 195 g/mol. The highest BCUT2D eigenvalue weighted by Crippen LogP contribution is 2.23. The largest absolute Gasteiger partial charge is 0.388 e. The number of methoxy groups -OCH3 is 1. The van der Waals surface area contributed by atoms with Crippen LogP contribution in [0.3, 0.4) is 0 Å². The van der Waals surface area contributed by atoms with E-state index in [4.69, 9.17) is 10.5 Å². The Labute approximate surface area is 75.2 Å². The normalized spacial score (nSPS) is 46.4. The summed E-state index contributed by atoms with van der Waals surface area (Å²) in [6.45, 7) is 0.00477. The third-order valence-corrected chi connectivity index (χ3v) is 2.09. The fourth-order valence-electron chi connectivity index (χ4n) is 1.28. The van der Waals surface area contributed by atoms with E-state index >= 15 is 0 Å². The average molecular weight is 195 g/mol. The molecule has 0 amide bonds. The molecule has 78 valence electrons. The summed E-state index contributed by atoms with van der Waals surface area (Å²) in [4.78, 5) is 0. The van der Waals surface area contributed by atoms with E-state index in [1.54, 1.807) is 0 Å². The molecule has 1 heterocycles. The zero-order valence-corrected chi connectivity index (χ0v) is 7.26. The SMILES string of the molecule is CO[C@@H]1O[C@H](CN)[C@@H](O)[C@H](O)[C@H]1F. The Hall–Kier alpha value is -0.270. The van der Waals surface area contributed by atoms with Gasteiger partial charge in [-0.1, -0.05) is 0 Å². The number of rotatable bonds is 2. The number of halogens is 1. The Morgan fingerprint density at radius 3 is 2.54 bits per heavy atom. The highest BCUT2D eigenvalue weighted by atomic mass is 19.1. The van der Waals surface area contributed by atoms with Gasteiger partial charge in [-0.2, -0.15) is 0 Å². The van der Waals surface area contributed by atoms with E-state index < -0.39 is 30.8 Å². The number of aliphatic hydroxyl groups is 2. The zero-order chi connectivity index (χ0) is 10.0. The summed E-state index contributed by atoms with van der Waals surface area (Å²) in [5, 5.41) is 18.5. The van der Waals surface area contributed by atoms with E-state index in [1.807, 2.05) is 0 Å². The molecular formula is C7H14FNO4. The molecule has 0 aromatic heterocycles. The van der Waals surface area contributed by atoms with Crippen molar-refractivity contribution in [3.8, 4) is 0 Å². The van der Waals surface area contributed by atoms with Crippen LogP contribution in [0, 0.1) is 0 Å². The van der Waals surface area contributed by atoms with Crippen molar-refractivity contribution in [2.45, 2.75) is 30.8 Å². The van der Waals surface area contributed by atoms with Crippen molar-refractivity contribution in [3.05, 3.63) is 0 Å². The maximum atomic E-state index is 13.1. The summed E-state index contributed by atoms with van der Waals surface area (Å²) >= 11 is 0. The second-order valence-electron chi connectivity index (χ2n) is 2.94. The molecule has 13 heavy (non-hydrogen) atoms. The summed E-state index contributed by atoms with van der Waals surface area (Å²) in [5.41, 5.74) is 5.24. The minimum absolute atomic E-state index is 0.00477. The molecule has 5 atom stereocenters. The van der Waals surface area contributed by atoms with Gasteiger partial charge in [0.25, 0.3) is 0 Å². The molecule has 0 aromatic rings. The van der Waals surface area contributed by atoms with Gasteiger partial charge in [-0.25, -0.2) is 4.39 Å². The van der Waals surface area contributed by atoms with Gasteiger partial charge >= 0.3 is 0 Å². The Bertz CT molecular complexity index is 151. The lowest BCUT2D eigenvalue weighted by Crippen LogP contribution is -2.58. The van der Waals surface area contributed by atoms with Gasteiger partial charge < -0.3 is 25.4 Å². The predicted molar refractivity (Wildman–Crippen MR) is 41.6 cm³/mol. The van der Waals surface area contributed by atoms with Crippen LogP contribution in [0.1, 0.15) is 0 Å². The van der Waals surface area contributed by atoms with Gasteiger partial charge in [0.15, 0.2) is 12.5 Å². The number of alkyl halides is 1. The maximum absolute atomic E-state index is 13.1. The van der Waals surface area contributed by atoms with Gasteiger partial charge in [0, 0.05) is 13.7 Å². The van der Waals surface area contributed by atoms with Gasteiger partial charge in [-0.3, -0.25) is 0 Å². The highest BCUT2D eigenvalue weighted by molar-refractivity contribution is 4.89. The Balaban J connectivity index is 2.66. The number of hydrogen-bond donors (Lipinski definition) is 3. The summed E-state index contributed by atoms with van der Waals surface area (Å²) in [5.74, 6) is 0. The van der Waals surface area contributed by atoms with Crippen LogP contribution in [0.2, 0.25) is 0 Å². The van der Waals surface area contributed by atoms with E-state index in [-0.39, 0.29) is 6.54 Å². The average Bonchev–Trinajstić information content (AvgIpc) is 2.15. The first-order chi connectivity index (χ1) is 6.11. The third-order valence-electron chi connectivity index (χ3n) is 2.09. The van der Waals surface area contributed by atoms with Crippen LogP contribution < -0.4 is 5.73 Å². The molecule has 4 N–H and O–H groups in total. The second-order valence-corrected chi connectivity index (χ2v) is 2.94. The Morgan fingerprint density at radius 2 is 2.08 bits per heavy atom. The fraction of sp³-hybridized carbons (Fsp3) is 1.00. The van der Waals surface area contributed by atoms with Crippen LogP contribution >= 0.6 is 0 Å². The first-order valence-electron chi connectivity index (χ1n) is 4.00. The molecule has 1 fully saturated rings. The summed E-state index contributed by atoms with van der Waals surface area (Å²) in [6, 6.07) is 0. The van der Waals surface area contributed by atoms with E-state index in [2.05, 4.69) is 4.74 Å². The molecule has 0 unspecified atom stereocenters. The molecule has 0 aliphatic carbocycles. The molecular weight excluding hydrogens is 181 g/mol. The smallest absolute Gasteiger partial charge is 0.191 e. The molecule has 0 radical (unpaired) electrons. The lowest BCUT2D eigenvalue weighted by atomic mass is 10.00. The summed E-state index contributed by atoms with van der Waals surface area (Å²) in [6.07, 6.45) is -6.50. The molecule has 0 bridgehead atoms. The second kappa shape index (κ2) is 4.30. The van der Waals surface area contributed by atoms with Crippen LogP contribution in [-0.2, 0) is 9.47 Å². The highest BCUT2D eigenvalue weighted by Gasteiger charge is 2.44. The van der Waals surface area contributed by atoms with Crippen molar-refractivity contribution in [2.24, 2.45) is 5.73 Å². The molecule has 1 aliphatic rings. The molecule has 6 heteroatoms. The van der Waals surface area contributed by atoms with Gasteiger partial charge in [-0.05, 0) is 0 Å². The van der Waals surface area contributed by atoms with E-state index in [0.29, 0.717) is 0 Å². The fourth-order valence-corrected chi connectivity index (χ4v) is 1.28. The van der Waals surface area contributed by atoms with Gasteiger partial charge in [0.1, 0.15) is 18.3 Å². The molecule has 0 spiro atoms. The number of nitrogens with two attached hydrogens (primary N) is 1. The molecule has 0 saturated carbocycles. The van der Waals surface area contributed by atoms with E-state index in [1.165, 1.54) is 7.11 Å². The zero-order valence-electron chi connectivity index (χ0n) is 7.26. The molecule has 1 saturated heterocycles. The van der Waals surface area contributed by atoms with Gasteiger partial charge in [0.2, 0.25) is 0 Å². The third kappa shape index (κ3) is 1.97. The van der Waals surface area contributed by atoms with Crippen molar-refractivity contribution in [1.29, 1.82) is 0 Å². The van der Waals surface area contributed by atoms with E-state index in [0.717, 1.165) is 0 Å². The van der Waals surface area contributed by atoms with Crippen LogP contribution in [0.25, 0.3) is 0 Å². The summed E-state index contributed by atoms with van der Waals surface area (Å²) in [7, 11) is 1.26. The standard InChI is InChI=1S/C7H14FNO4/c1-12-7-4(8)6(11)5(10)3(2-9)13-7/h3-7,10-11H,2,9H2,1H3/t3-,4-,5-,6-,7-/m1/s1. The van der Waals surface area contributed by atoms with Crippen LogP contribution in [0.5, 0.6) is 0 Å². The molecule has 5 nitrogen and oxygen atoms in total. The van der Waals surface area contributed by atoms with Crippen LogP contribution in [0.4, 0.5) is 4.39 Å². The minimum atomic E-state index is -1.75. The molecule has 1 rings (SSSR count). The minimum Gasteiger partial charge on any atom is -0.388 e. The molecule has 0 aromatic carbocycles. The Kier molecular flexibility index (Phi) is 3.57. The van der Waals surface area contributed by atoms with E-state index in [9.17, 15) is 14.6 Å². The first-order valence-corrected chi connectivity index (χ1v) is 4.00. The van der Waals surface area contributed by atoms with Crippen LogP contribution in [0.15, 0.2) is 0 Å². The number of aliphatic hydroxyl groups excluding tert-OH is 2.